The third-order valence-electron chi connectivity index (χ3n) is 4.03. The molecule has 0 aliphatic rings. The largest absolute Gasteiger partial charge is 0.379 e. The molecule has 0 aromatic heterocycles. The Hall–Kier alpha value is -1.89. The van der Waals surface area contributed by atoms with E-state index < -0.39 is 10.0 Å². The van der Waals surface area contributed by atoms with Crippen LogP contribution < -0.4 is 10.0 Å². The molecule has 0 saturated carbocycles. The quantitative estimate of drug-likeness (QED) is 0.804. The number of methoxy groups -OCH3 is 1. The lowest BCUT2D eigenvalue weighted by molar-refractivity contribution is 0.119. The first kappa shape index (κ1) is 18.4. The van der Waals surface area contributed by atoms with Crippen molar-refractivity contribution in [3.8, 4) is 0 Å². The van der Waals surface area contributed by atoms with Crippen LogP contribution in [0.25, 0.3) is 0 Å². The monoisotopic (exact) mass is 348 g/mol. The van der Waals surface area contributed by atoms with Crippen LogP contribution in [0.1, 0.15) is 37.1 Å². The van der Waals surface area contributed by atoms with Crippen molar-refractivity contribution >= 4 is 15.7 Å². The van der Waals surface area contributed by atoms with Crippen LogP contribution >= 0.6 is 0 Å². The van der Waals surface area contributed by atoms with Crippen molar-refractivity contribution in [2.75, 3.05) is 19.5 Å². The summed E-state index contributed by atoms with van der Waals surface area (Å²) in [5.74, 6) is 0. The van der Waals surface area contributed by atoms with Crippen LogP contribution in [0, 0.1) is 0 Å². The third kappa shape index (κ3) is 4.35. The molecule has 6 heteroatoms. The predicted octanol–water partition coefficient (Wildman–Crippen LogP) is 3.48. The Kier molecular flexibility index (Phi) is 5.99. The van der Waals surface area contributed by atoms with E-state index in [4.69, 9.17) is 4.74 Å². The van der Waals surface area contributed by atoms with Crippen molar-refractivity contribution in [3.63, 3.8) is 0 Å². The van der Waals surface area contributed by atoms with Crippen LogP contribution in [0.5, 0.6) is 0 Å². The van der Waals surface area contributed by atoms with E-state index in [0.717, 1.165) is 16.8 Å². The SMILES string of the molecule is CNS(=O)(=O)c1cccc(C(C)Nc2cccc(C(C)OC)c2)c1. The molecule has 130 valence electrons. The fourth-order valence-corrected chi connectivity index (χ4v) is 3.20. The Bertz CT molecular complexity index is 790. The average molecular weight is 348 g/mol. The van der Waals surface area contributed by atoms with E-state index in [2.05, 4.69) is 10.0 Å². The summed E-state index contributed by atoms with van der Waals surface area (Å²) in [4.78, 5) is 0.262. The van der Waals surface area contributed by atoms with Gasteiger partial charge in [-0.15, -0.1) is 0 Å². The number of hydrogen-bond donors (Lipinski definition) is 2. The van der Waals surface area contributed by atoms with E-state index in [1.165, 1.54) is 7.05 Å². The lowest BCUT2D eigenvalue weighted by atomic mass is 10.1. The summed E-state index contributed by atoms with van der Waals surface area (Å²) in [5.41, 5.74) is 2.95. The van der Waals surface area contributed by atoms with E-state index in [1.54, 1.807) is 25.3 Å². The van der Waals surface area contributed by atoms with Crippen molar-refractivity contribution in [2.24, 2.45) is 0 Å². The minimum atomic E-state index is -3.44. The summed E-state index contributed by atoms with van der Waals surface area (Å²) >= 11 is 0. The van der Waals surface area contributed by atoms with Gasteiger partial charge in [-0.2, -0.15) is 0 Å². The van der Waals surface area contributed by atoms with Gasteiger partial charge in [0, 0.05) is 18.8 Å². The topological polar surface area (TPSA) is 67.4 Å². The Morgan fingerprint density at radius 3 is 2.33 bits per heavy atom. The molecule has 2 unspecified atom stereocenters. The maximum Gasteiger partial charge on any atom is 0.240 e. The summed E-state index contributed by atoms with van der Waals surface area (Å²) in [6.07, 6.45) is 0.0196. The summed E-state index contributed by atoms with van der Waals surface area (Å²) in [6.45, 7) is 3.99. The molecule has 0 fully saturated rings. The fraction of sp³-hybridized carbons (Fsp3) is 0.333. The van der Waals surface area contributed by atoms with Gasteiger partial charge in [0.15, 0.2) is 0 Å². The van der Waals surface area contributed by atoms with E-state index in [9.17, 15) is 8.42 Å². The highest BCUT2D eigenvalue weighted by atomic mass is 32.2. The summed E-state index contributed by atoms with van der Waals surface area (Å²) in [6, 6.07) is 14.9. The molecule has 2 aromatic carbocycles. The van der Waals surface area contributed by atoms with Gasteiger partial charge < -0.3 is 10.1 Å². The van der Waals surface area contributed by atoms with Crippen molar-refractivity contribution < 1.29 is 13.2 Å². The molecule has 0 radical (unpaired) electrons. The number of anilines is 1. The van der Waals surface area contributed by atoms with Gasteiger partial charge in [0.2, 0.25) is 10.0 Å². The van der Waals surface area contributed by atoms with Gasteiger partial charge in [-0.3, -0.25) is 0 Å². The number of sulfonamides is 1. The molecule has 0 spiro atoms. The first-order valence-corrected chi connectivity index (χ1v) is 9.28. The Labute approximate surface area is 144 Å². The molecule has 0 heterocycles. The average Bonchev–Trinajstić information content (AvgIpc) is 2.61. The van der Waals surface area contributed by atoms with Crippen molar-refractivity contribution in [2.45, 2.75) is 30.9 Å². The second-order valence-electron chi connectivity index (χ2n) is 5.65. The molecule has 2 aromatic rings. The van der Waals surface area contributed by atoms with Crippen molar-refractivity contribution in [3.05, 3.63) is 59.7 Å². The van der Waals surface area contributed by atoms with Crippen molar-refractivity contribution in [1.29, 1.82) is 0 Å². The summed E-state index contributed by atoms with van der Waals surface area (Å²) in [5, 5.41) is 3.40. The molecular formula is C18H24N2O3S. The number of rotatable bonds is 7. The van der Waals surface area contributed by atoms with E-state index in [1.807, 2.05) is 44.2 Å². The van der Waals surface area contributed by atoms with Crippen LogP contribution in [0.2, 0.25) is 0 Å². The smallest absolute Gasteiger partial charge is 0.240 e. The zero-order chi connectivity index (χ0) is 17.7. The molecule has 24 heavy (non-hydrogen) atoms. The molecule has 0 amide bonds. The van der Waals surface area contributed by atoms with E-state index in [-0.39, 0.29) is 17.0 Å². The minimum Gasteiger partial charge on any atom is -0.379 e. The molecule has 0 saturated heterocycles. The van der Waals surface area contributed by atoms with Crippen LogP contribution in [0.4, 0.5) is 5.69 Å². The minimum absolute atomic E-state index is 0.0196. The lowest BCUT2D eigenvalue weighted by Crippen LogP contribution is -2.19. The zero-order valence-corrected chi connectivity index (χ0v) is 15.2. The lowest BCUT2D eigenvalue weighted by Gasteiger charge is -2.18. The normalized spacial score (nSPS) is 14.2. The standard InChI is InChI=1S/C18H24N2O3S/c1-13(15-7-6-10-18(12-15)24(21,22)19-3)20-17-9-5-8-16(11-17)14(2)23-4/h5-14,19-20H,1-4H3. The Morgan fingerprint density at radius 2 is 1.67 bits per heavy atom. The van der Waals surface area contributed by atoms with Gasteiger partial charge in [0.05, 0.1) is 11.0 Å². The molecule has 0 bridgehead atoms. The highest BCUT2D eigenvalue weighted by Crippen LogP contribution is 2.24. The number of ether oxygens (including phenoxy) is 1. The highest BCUT2D eigenvalue weighted by Gasteiger charge is 2.14. The van der Waals surface area contributed by atoms with Gasteiger partial charge in [-0.05, 0) is 56.3 Å². The van der Waals surface area contributed by atoms with Crippen LogP contribution in [0.15, 0.2) is 53.4 Å². The predicted molar refractivity (Wildman–Crippen MR) is 96.6 cm³/mol. The van der Waals surface area contributed by atoms with Gasteiger partial charge in [0.1, 0.15) is 0 Å². The maximum atomic E-state index is 11.9. The first-order chi connectivity index (χ1) is 11.4. The highest BCUT2D eigenvalue weighted by molar-refractivity contribution is 7.89. The molecule has 2 atom stereocenters. The molecular weight excluding hydrogens is 324 g/mol. The Balaban J connectivity index is 2.21. The van der Waals surface area contributed by atoms with Crippen LogP contribution in [0.3, 0.4) is 0 Å². The summed E-state index contributed by atoms with van der Waals surface area (Å²) in [7, 11) is -0.352. The van der Waals surface area contributed by atoms with Gasteiger partial charge in [-0.1, -0.05) is 24.3 Å². The van der Waals surface area contributed by atoms with Gasteiger partial charge in [-0.25, -0.2) is 13.1 Å². The van der Waals surface area contributed by atoms with Crippen LogP contribution in [-0.4, -0.2) is 22.6 Å². The fourth-order valence-electron chi connectivity index (χ4n) is 2.42. The number of benzene rings is 2. The molecule has 0 aliphatic carbocycles. The van der Waals surface area contributed by atoms with Gasteiger partial charge in [0.25, 0.3) is 0 Å². The maximum absolute atomic E-state index is 11.9. The first-order valence-electron chi connectivity index (χ1n) is 7.80. The second kappa shape index (κ2) is 7.79. The molecule has 2 N–H and O–H groups in total. The molecule has 2 rings (SSSR count). The zero-order valence-electron chi connectivity index (χ0n) is 14.4. The van der Waals surface area contributed by atoms with Crippen molar-refractivity contribution in [1.82, 2.24) is 4.72 Å². The van der Waals surface area contributed by atoms with Gasteiger partial charge >= 0.3 is 0 Å². The second-order valence-corrected chi connectivity index (χ2v) is 7.54. The van der Waals surface area contributed by atoms with E-state index >= 15 is 0 Å². The summed E-state index contributed by atoms with van der Waals surface area (Å²) < 4.78 is 31.6. The Morgan fingerprint density at radius 1 is 1.00 bits per heavy atom. The molecule has 5 nitrogen and oxygen atoms in total. The number of hydrogen-bond acceptors (Lipinski definition) is 4. The number of nitrogens with one attached hydrogen (secondary N) is 2. The molecule has 0 aliphatic heterocycles. The third-order valence-corrected chi connectivity index (χ3v) is 5.44. The van der Waals surface area contributed by atoms with Crippen LogP contribution in [-0.2, 0) is 14.8 Å². The van der Waals surface area contributed by atoms with E-state index in [0.29, 0.717) is 0 Å².